The van der Waals surface area contributed by atoms with Crippen LogP contribution in [-0.4, -0.2) is 51.1 Å². The van der Waals surface area contributed by atoms with Crippen molar-refractivity contribution in [2.45, 2.75) is 63.6 Å². The molecule has 156 valence electrons. The number of nitrogens with zero attached hydrogens (tertiary/aromatic N) is 1. The summed E-state index contributed by atoms with van der Waals surface area (Å²) in [5.41, 5.74) is 0.856. The first-order valence-corrected chi connectivity index (χ1v) is 10.4. The lowest BCUT2D eigenvalue weighted by Crippen LogP contribution is -2.59. The summed E-state index contributed by atoms with van der Waals surface area (Å²) in [6, 6.07) is 5.02. The van der Waals surface area contributed by atoms with Gasteiger partial charge in [0.1, 0.15) is 0 Å². The van der Waals surface area contributed by atoms with Crippen molar-refractivity contribution in [2.75, 3.05) is 6.61 Å². The minimum absolute atomic E-state index is 0.168. The summed E-state index contributed by atoms with van der Waals surface area (Å²) in [6.45, 7) is 3.09. The first-order valence-electron chi connectivity index (χ1n) is 10.4. The van der Waals surface area contributed by atoms with E-state index in [9.17, 15) is 24.6 Å². The standard InChI is InChI=1S/C22H28N2O5/c1-12-8-9-13(2)15(10-12)18-16-17(22(11-25,23-18)21(28)29)20(27)24(19(16)26)14-6-4-3-5-7-14/h8-10,14,16-18,23,25H,3-7,11H2,1-2H3,(H,28,29). The highest BCUT2D eigenvalue weighted by Crippen LogP contribution is 2.50. The zero-order valence-corrected chi connectivity index (χ0v) is 16.9. The van der Waals surface area contributed by atoms with Crippen LogP contribution in [0.5, 0.6) is 0 Å². The van der Waals surface area contributed by atoms with E-state index in [0.717, 1.165) is 48.8 Å². The second-order valence-electron chi connectivity index (χ2n) is 8.76. The van der Waals surface area contributed by atoms with Crippen LogP contribution in [-0.2, 0) is 14.4 Å². The van der Waals surface area contributed by atoms with E-state index in [1.807, 2.05) is 32.0 Å². The van der Waals surface area contributed by atoms with Gasteiger partial charge in [-0.05, 0) is 37.8 Å². The predicted octanol–water partition coefficient (Wildman–Crippen LogP) is 1.70. The van der Waals surface area contributed by atoms with Crippen molar-refractivity contribution in [1.29, 1.82) is 0 Å². The number of carbonyl (C=O) groups excluding carboxylic acids is 2. The van der Waals surface area contributed by atoms with Gasteiger partial charge < -0.3 is 10.2 Å². The maximum Gasteiger partial charge on any atom is 0.327 e. The molecular weight excluding hydrogens is 372 g/mol. The molecule has 3 N–H and O–H groups in total. The minimum Gasteiger partial charge on any atom is -0.480 e. The van der Waals surface area contributed by atoms with E-state index in [4.69, 9.17) is 0 Å². The lowest BCUT2D eigenvalue weighted by atomic mass is 9.79. The Morgan fingerprint density at radius 1 is 1.17 bits per heavy atom. The Labute approximate surface area is 170 Å². The van der Waals surface area contributed by atoms with Gasteiger partial charge in [0.25, 0.3) is 0 Å². The number of amides is 2. The predicted molar refractivity (Wildman–Crippen MR) is 105 cm³/mol. The highest BCUT2D eigenvalue weighted by atomic mass is 16.4. The maximum atomic E-state index is 13.5. The van der Waals surface area contributed by atoms with E-state index in [-0.39, 0.29) is 11.9 Å². The van der Waals surface area contributed by atoms with Gasteiger partial charge in [-0.2, -0.15) is 0 Å². The van der Waals surface area contributed by atoms with Crippen LogP contribution in [0.2, 0.25) is 0 Å². The van der Waals surface area contributed by atoms with Crippen molar-refractivity contribution in [2.24, 2.45) is 11.8 Å². The number of aryl methyl sites for hydroxylation is 2. The van der Waals surface area contributed by atoms with Crippen molar-refractivity contribution in [3.05, 3.63) is 34.9 Å². The Morgan fingerprint density at radius 3 is 2.48 bits per heavy atom. The largest absolute Gasteiger partial charge is 0.480 e. The number of aliphatic hydroxyl groups is 1. The van der Waals surface area contributed by atoms with Crippen molar-refractivity contribution < 1.29 is 24.6 Å². The zero-order chi connectivity index (χ0) is 20.9. The van der Waals surface area contributed by atoms with Crippen molar-refractivity contribution in [3.8, 4) is 0 Å². The lowest BCUT2D eigenvalue weighted by molar-refractivity contribution is -0.154. The summed E-state index contributed by atoms with van der Waals surface area (Å²) in [7, 11) is 0. The molecule has 4 rings (SSSR count). The molecule has 29 heavy (non-hydrogen) atoms. The van der Waals surface area contributed by atoms with Gasteiger partial charge in [0.15, 0.2) is 5.54 Å². The highest BCUT2D eigenvalue weighted by Gasteiger charge is 2.69. The number of carbonyl (C=O) groups is 3. The Hall–Kier alpha value is -2.25. The second-order valence-corrected chi connectivity index (χ2v) is 8.76. The van der Waals surface area contributed by atoms with Crippen LogP contribution in [0.25, 0.3) is 0 Å². The Morgan fingerprint density at radius 2 is 1.86 bits per heavy atom. The molecular formula is C22H28N2O5. The molecule has 1 aromatic carbocycles. The molecule has 1 aromatic rings. The number of imide groups is 1. The van der Waals surface area contributed by atoms with Gasteiger partial charge in [0, 0.05) is 12.1 Å². The molecule has 3 fully saturated rings. The fraction of sp³-hybridized carbons (Fsp3) is 0.591. The molecule has 3 aliphatic rings. The number of hydrogen-bond donors (Lipinski definition) is 3. The number of aliphatic carboxylic acids is 1. The Balaban J connectivity index is 1.82. The monoisotopic (exact) mass is 400 g/mol. The third-order valence-electron chi connectivity index (χ3n) is 7.03. The molecule has 2 aliphatic heterocycles. The number of rotatable bonds is 4. The number of benzene rings is 1. The quantitative estimate of drug-likeness (QED) is 0.664. The van der Waals surface area contributed by atoms with E-state index in [1.165, 1.54) is 4.90 Å². The molecule has 2 heterocycles. The highest BCUT2D eigenvalue weighted by molar-refractivity contribution is 6.09. The first-order chi connectivity index (χ1) is 13.8. The number of carboxylic acid groups (broad SMARTS) is 1. The van der Waals surface area contributed by atoms with Crippen LogP contribution in [0.4, 0.5) is 0 Å². The molecule has 1 saturated carbocycles. The molecule has 4 unspecified atom stereocenters. The van der Waals surface area contributed by atoms with Gasteiger partial charge >= 0.3 is 5.97 Å². The normalized spacial score (nSPS) is 32.7. The van der Waals surface area contributed by atoms with E-state index >= 15 is 0 Å². The molecule has 0 aromatic heterocycles. The van der Waals surface area contributed by atoms with E-state index in [0.29, 0.717) is 0 Å². The number of carboxylic acids is 1. The van der Waals surface area contributed by atoms with Gasteiger partial charge in [-0.15, -0.1) is 0 Å². The minimum atomic E-state index is -1.86. The molecule has 0 bridgehead atoms. The van der Waals surface area contributed by atoms with Crippen LogP contribution in [0.3, 0.4) is 0 Å². The van der Waals surface area contributed by atoms with Gasteiger partial charge in [0.05, 0.1) is 18.4 Å². The zero-order valence-electron chi connectivity index (χ0n) is 16.9. The van der Waals surface area contributed by atoms with Crippen LogP contribution < -0.4 is 5.32 Å². The van der Waals surface area contributed by atoms with Crippen LogP contribution in [0.1, 0.15) is 54.8 Å². The number of likely N-dealkylation sites (tertiary alicyclic amines) is 1. The average Bonchev–Trinajstić information content (AvgIpc) is 3.19. The van der Waals surface area contributed by atoms with Gasteiger partial charge in [-0.1, -0.05) is 43.0 Å². The van der Waals surface area contributed by atoms with Crippen LogP contribution in [0.15, 0.2) is 18.2 Å². The van der Waals surface area contributed by atoms with Crippen molar-refractivity contribution in [1.82, 2.24) is 10.2 Å². The molecule has 1 aliphatic carbocycles. The van der Waals surface area contributed by atoms with Gasteiger partial charge in [-0.3, -0.25) is 24.6 Å². The molecule has 4 atom stereocenters. The summed E-state index contributed by atoms with van der Waals surface area (Å²) in [6.07, 6.45) is 4.52. The maximum absolute atomic E-state index is 13.5. The molecule has 2 amide bonds. The van der Waals surface area contributed by atoms with E-state index in [1.54, 1.807) is 0 Å². The van der Waals surface area contributed by atoms with E-state index < -0.39 is 41.9 Å². The fourth-order valence-corrected chi connectivity index (χ4v) is 5.50. The fourth-order valence-electron chi connectivity index (χ4n) is 5.50. The summed E-state index contributed by atoms with van der Waals surface area (Å²) in [5.74, 6) is -3.99. The molecule has 7 nitrogen and oxygen atoms in total. The van der Waals surface area contributed by atoms with Crippen molar-refractivity contribution >= 4 is 17.8 Å². The van der Waals surface area contributed by atoms with Crippen molar-refractivity contribution in [3.63, 3.8) is 0 Å². The Bertz CT molecular complexity index is 863. The number of hydrogen-bond acceptors (Lipinski definition) is 5. The third-order valence-corrected chi connectivity index (χ3v) is 7.03. The molecule has 2 saturated heterocycles. The first kappa shape index (κ1) is 20.0. The van der Waals surface area contributed by atoms with E-state index in [2.05, 4.69) is 5.32 Å². The second kappa shape index (κ2) is 7.22. The summed E-state index contributed by atoms with van der Waals surface area (Å²) >= 11 is 0. The van der Waals surface area contributed by atoms with Gasteiger partial charge in [-0.25, -0.2) is 0 Å². The number of fused-ring (bicyclic) bond motifs is 1. The third kappa shape index (κ3) is 2.90. The number of aliphatic hydroxyl groups excluding tert-OH is 1. The number of nitrogens with one attached hydrogen (secondary N) is 1. The van der Waals surface area contributed by atoms with Gasteiger partial charge in [0.2, 0.25) is 11.8 Å². The summed E-state index contributed by atoms with van der Waals surface area (Å²) < 4.78 is 0. The smallest absolute Gasteiger partial charge is 0.327 e. The van der Waals surface area contributed by atoms with Crippen LogP contribution in [0, 0.1) is 25.7 Å². The SMILES string of the molecule is Cc1ccc(C)c(C2NC(CO)(C(=O)O)C3C(=O)N(C4CCCCC4)C(=O)C23)c1. The molecule has 0 spiro atoms. The summed E-state index contributed by atoms with van der Waals surface area (Å²) in [5, 5.41) is 23.1. The average molecular weight is 400 g/mol. The lowest BCUT2D eigenvalue weighted by Gasteiger charge is -2.34. The molecule has 7 heteroatoms. The summed E-state index contributed by atoms with van der Waals surface area (Å²) in [4.78, 5) is 40.5. The molecule has 0 radical (unpaired) electrons. The Kier molecular flexibility index (Phi) is 4.99. The van der Waals surface area contributed by atoms with Crippen LogP contribution >= 0.6 is 0 Å². The topological polar surface area (TPSA) is 107 Å².